The predicted molar refractivity (Wildman–Crippen MR) is 42.6 cm³/mol. The maximum Gasteiger partial charge on any atom is 0.0715 e. The second-order valence-electron chi connectivity index (χ2n) is 2.95. The SMILES string of the molecule is C1C[C@@H](OC2CC2)CN1.Cl. The minimum Gasteiger partial charge on any atom is -0.374 e. The molecule has 0 aromatic rings. The highest BCUT2D eigenvalue weighted by Crippen LogP contribution is 2.26. The summed E-state index contributed by atoms with van der Waals surface area (Å²) < 4.78 is 5.66. The predicted octanol–water partition coefficient (Wildman–Crippen LogP) is 0.949. The molecule has 0 spiro atoms. The Morgan fingerprint density at radius 1 is 1.10 bits per heavy atom. The molecular formula is C7H14ClNO. The van der Waals surface area contributed by atoms with Crippen LogP contribution in [0.2, 0.25) is 0 Å². The van der Waals surface area contributed by atoms with Gasteiger partial charge >= 0.3 is 0 Å². The lowest BCUT2D eigenvalue weighted by molar-refractivity contribution is 0.0536. The monoisotopic (exact) mass is 163 g/mol. The van der Waals surface area contributed by atoms with Crippen LogP contribution in [0.15, 0.2) is 0 Å². The molecule has 2 fully saturated rings. The van der Waals surface area contributed by atoms with Gasteiger partial charge < -0.3 is 10.1 Å². The van der Waals surface area contributed by atoms with Crippen LogP contribution in [0.1, 0.15) is 19.3 Å². The average Bonchev–Trinajstić information content (AvgIpc) is 2.46. The third-order valence-electron chi connectivity index (χ3n) is 1.92. The van der Waals surface area contributed by atoms with Crippen molar-refractivity contribution >= 4 is 12.4 Å². The Balaban J connectivity index is 0.000000500. The Kier molecular flexibility index (Phi) is 2.96. The van der Waals surface area contributed by atoms with Gasteiger partial charge in [-0.15, -0.1) is 12.4 Å². The van der Waals surface area contributed by atoms with Gasteiger partial charge in [0.25, 0.3) is 0 Å². The van der Waals surface area contributed by atoms with E-state index in [0.29, 0.717) is 12.2 Å². The van der Waals surface area contributed by atoms with Crippen LogP contribution >= 0.6 is 12.4 Å². The topological polar surface area (TPSA) is 21.3 Å². The average molecular weight is 164 g/mol. The van der Waals surface area contributed by atoms with Gasteiger partial charge in [-0.2, -0.15) is 0 Å². The number of ether oxygens (including phenoxy) is 1. The summed E-state index contributed by atoms with van der Waals surface area (Å²) in [5.41, 5.74) is 0. The third kappa shape index (κ3) is 2.11. The van der Waals surface area contributed by atoms with E-state index in [-0.39, 0.29) is 12.4 Å². The molecule has 0 aromatic carbocycles. The van der Waals surface area contributed by atoms with Crippen molar-refractivity contribution in [2.24, 2.45) is 0 Å². The molecule has 2 nitrogen and oxygen atoms in total. The maximum absolute atomic E-state index is 5.66. The summed E-state index contributed by atoms with van der Waals surface area (Å²) in [4.78, 5) is 0. The summed E-state index contributed by atoms with van der Waals surface area (Å²) in [6, 6.07) is 0. The van der Waals surface area contributed by atoms with E-state index in [1.54, 1.807) is 0 Å². The Hall–Kier alpha value is 0.210. The fourth-order valence-corrected chi connectivity index (χ4v) is 1.22. The van der Waals surface area contributed by atoms with Crippen molar-refractivity contribution in [3.63, 3.8) is 0 Å². The van der Waals surface area contributed by atoms with E-state index in [4.69, 9.17) is 4.74 Å². The third-order valence-corrected chi connectivity index (χ3v) is 1.92. The summed E-state index contributed by atoms with van der Waals surface area (Å²) in [5.74, 6) is 0. The quantitative estimate of drug-likeness (QED) is 0.655. The Morgan fingerprint density at radius 3 is 2.40 bits per heavy atom. The number of rotatable bonds is 2. The lowest BCUT2D eigenvalue weighted by atomic mass is 10.3. The van der Waals surface area contributed by atoms with Crippen molar-refractivity contribution in [2.45, 2.75) is 31.5 Å². The fraction of sp³-hybridized carbons (Fsp3) is 1.00. The molecule has 1 heterocycles. The Bertz CT molecular complexity index is 99.8. The van der Waals surface area contributed by atoms with Crippen LogP contribution in [0.5, 0.6) is 0 Å². The molecule has 1 N–H and O–H groups in total. The van der Waals surface area contributed by atoms with Crippen LogP contribution in [0.4, 0.5) is 0 Å². The van der Waals surface area contributed by atoms with Gasteiger partial charge in [0.1, 0.15) is 0 Å². The van der Waals surface area contributed by atoms with Gasteiger partial charge in [-0.3, -0.25) is 0 Å². The second-order valence-corrected chi connectivity index (χ2v) is 2.95. The van der Waals surface area contributed by atoms with Gasteiger partial charge in [0, 0.05) is 6.54 Å². The molecule has 60 valence electrons. The highest BCUT2D eigenvalue weighted by molar-refractivity contribution is 5.85. The van der Waals surface area contributed by atoms with Crippen molar-refractivity contribution in [1.82, 2.24) is 5.32 Å². The molecule has 3 heteroatoms. The molecule has 0 unspecified atom stereocenters. The molecule has 1 saturated heterocycles. The molecule has 1 atom stereocenters. The Morgan fingerprint density at radius 2 is 1.90 bits per heavy atom. The molecule has 0 amide bonds. The number of hydrogen-bond acceptors (Lipinski definition) is 2. The fourth-order valence-electron chi connectivity index (χ4n) is 1.22. The second kappa shape index (κ2) is 3.56. The first-order chi connectivity index (χ1) is 4.45. The zero-order valence-electron chi connectivity index (χ0n) is 6.01. The Labute approximate surface area is 67.7 Å². The smallest absolute Gasteiger partial charge is 0.0715 e. The van der Waals surface area contributed by atoms with E-state index >= 15 is 0 Å². The van der Waals surface area contributed by atoms with E-state index in [1.807, 2.05) is 0 Å². The van der Waals surface area contributed by atoms with Gasteiger partial charge in [-0.1, -0.05) is 0 Å². The standard InChI is InChI=1S/C7H13NO.ClH/c1-2-6(1)9-7-3-4-8-5-7;/h6-8H,1-5H2;1H/t7-;/m1./s1. The minimum atomic E-state index is 0. The largest absolute Gasteiger partial charge is 0.374 e. The van der Waals surface area contributed by atoms with Crippen LogP contribution in [0, 0.1) is 0 Å². The van der Waals surface area contributed by atoms with Gasteiger partial charge in [0.15, 0.2) is 0 Å². The zero-order chi connectivity index (χ0) is 6.10. The van der Waals surface area contributed by atoms with Crippen molar-refractivity contribution < 1.29 is 4.74 Å². The molecule has 0 bridgehead atoms. The number of nitrogens with one attached hydrogen (secondary N) is 1. The van der Waals surface area contributed by atoms with E-state index in [0.717, 1.165) is 13.1 Å². The first-order valence-corrected chi connectivity index (χ1v) is 3.81. The number of halogens is 1. The lowest BCUT2D eigenvalue weighted by Crippen LogP contribution is -2.17. The molecule has 1 aliphatic carbocycles. The summed E-state index contributed by atoms with van der Waals surface area (Å²) in [7, 11) is 0. The first-order valence-electron chi connectivity index (χ1n) is 3.81. The molecule has 1 saturated carbocycles. The van der Waals surface area contributed by atoms with Gasteiger partial charge in [-0.25, -0.2) is 0 Å². The summed E-state index contributed by atoms with van der Waals surface area (Å²) in [6.07, 6.45) is 5.00. The molecule has 1 aliphatic heterocycles. The molecule has 2 aliphatic rings. The van der Waals surface area contributed by atoms with Gasteiger partial charge in [-0.05, 0) is 25.8 Å². The van der Waals surface area contributed by atoms with E-state index in [2.05, 4.69) is 5.32 Å². The highest BCUT2D eigenvalue weighted by Gasteiger charge is 2.27. The molecule has 0 radical (unpaired) electrons. The summed E-state index contributed by atoms with van der Waals surface area (Å²) in [6.45, 7) is 2.23. The number of hydrogen-bond donors (Lipinski definition) is 1. The van der Waals surface area contributed by atoms with Crippen molar-refractivity contribution in [1.29, 1.82) is 0 Å². The van der Waals surface area contributed by atoms with Crippen LogP contribution < -0.4 is 5.32 Å². The summed E-state index contributed by atoms with van der Waals surface area (Å²) in [5, 5.41) is 3.28. The zero-order valence-corrected chi connectivity index (χ0v) is 6.82. The lowest BCUT2D eigenvalue weighted by Gasteiger charge is -2.07. The van der Waals surface area contributed by atoms with Crippen LogP contribution in [-0.4, -0.2) is 25.3 Å². The van der Waals surface area contributed by atoms with Gasteiger partial charge in [0.2, 0.25) is 0 Å². The van der Waals surface area contributed by atoms with E-state index < -0.39 is 0 Å². The first kappa shape index (κ1) is 8.31. The molecular weight excluding hydrogens is 150 g/mol. The normalized spacial score (nSPS) is 31.8. The van der Waals surface area contributed by atoms with Crippen molar-refractivity contribution in [3.8, 4) is 0 Å². The van der Waals surface area contributed by atoms with E-state index in [9.17, 15) is 0 Å². The van der Waals surface area contributed by atoms with Crippen LogP contribution in [0.3, 0.4) is 0 Å². The van der Waals surface area contributed by atoms with E-state index in [1.165, 1.54) is 19.3 Å². The summed E-state index contributed by atoms with van der Waals surface area (Å²) >= 11 is 0. The molecule has 2 rings (SSSR count). The van der Waals surface area contributed by atoms with Crippen molar-refractivity contribution in [3.05, 3.63) is 0 Å². The maximum atomic E-state index is 5.66. The van der Waals surface area contributed by atoms with Crippen LogP contribution in [0.25, 0.3) is 0 Å². The van der Waals surface area contributed by atoms with Gasteiger partial charge in [0.05, 0.1) is 12.2 Å². The minimum absolute atomic E-state index is 0. The molecule has 0 aromatic heterocycles. The highest BCUT2D eigenvalue weighted by atomic mass is 35.5. The van der Waals surface area contributed by atoms with Crippen molar-refractivity contribution in [2.75, 3.05) is 13.1 Å². The molecule has 10 heavy (non-hydrogen) atoms. The van der Waals surface area contributed by atoms with Crippen LogP contribution in [-0.2, 0) is 4.74 Å².